The lowest BCUT2D eigenvalue weighted by Crippen LogP contribution is -2.14. The second-order valence-electron chi connectivity index (χ2n) is 7.76. The maximum atomic E-state index is 4.94. The van der Waals surface area contributed by atoms with Crippen LogP contribution in [0.4, 0.5) is 0 Å². The topological polar surface area (TPSA) is 0 Å². The zero-order valence-corrected chi connectivity index (χ0v) is 13.4. The van der Waals surface area contributed by atoms with Crippen LogP contribution in [-0.4, -0.2) is 5.25 Å². The summed E-state index contributed by atoms with van der Waals surface area (Å²) >= 11 is 4.94. The van der Waals surface area contributed by atoms with Crippen molar-refractivity contribution in [2.75, 3.05) is 0 Å². The second kappa shape index (κ2) is 6.87. The van der Waals surface area contributed by atoms with Gasteiger partial charge in [0.05, 0.1) is 0 Å². The first-order valence-electron chi connectivity index (χ1n) is 8.99. The highest BCUT2D eigenvalue weighted by molar-refractivity contribution is 7.80. The van der Waals surface area contributed by atoms with E-state index in [1.165, 1.54) is 83.5 Å². The van der Waals surface area contributed by atoms with E-state index in [4.69, 9.17) is 12.6 Å². The largest absolute Gasteiger partial charge is 0.176 e. The molecular weight excluding hydrogens is 248 g/mol. The third-order valence-electron chi connectivity index (χ3n) is 6.33. The zero-order chi connectivity index (χ0) is 13.1. The van der Waals surface area contributed by atoms with Crippen LogP contribution >= 0.6 is 12.6 Å². The summed E-state index contributed by atoms with van der Waals surface area (Å²) in [6.07, 6.45) is 19.6. The van der Waals surface area contributed by atoms with E-state index in [9.17, 15) is 0 Å². The van der Waals surface area contributed by atoms with Crippen molar-refractivity contribution in [3.63, 3.8) is 0 Å². The molecule has 0 aromatic carbocycles. The summed E-state index contributed by atoms with van der Waals surface area (Å²) < 4.78 is 0. The maximum Gasteiger partial charge on any atom is 0.00221 e. The van der Waals surface area contributed by atoms with Gasteiger partial charge in [-0.25, -0.2) is 0 Å². The minimum Gasteiger partial charge on any atom is -0.176 e. The Kier molecular flexibility index (Phi) is 5.17. The van der Waals surface area contributed by atoms with Gasteiger partial charge in [0.2, 0.25) is 0 Å². The molecule has 0 aliphatic heterocycles. The zero-order valence-electron chi connectivity index (χ0n) is 12.5. The summed E-state index contributed by atoms with van der Waals surface area (Å²) in [5.41, 5.74) is 0. The molecule has 1 heteroatoms. The highest BCUT2D eigenvalue weighted by Gasteiger charge is 2.31. The van der Waals surface area contributed by atoms with Crippen molar-refractivity contribution in [2.24, 2.45) is 23.7 Å². The van der Waals surface area contributed by atoms with Gasteiger partial charge in [0.25, 0.3) is 0 Å². The lowest BCUT2D eigenvalue weighted by molar-refractivity contribution is 0.292. The SMILES string of the molecule is SC1CC(CC2CCCC2)CCC(C2CCCC2)C1. The smallest absolute Gasteiger partial charge is 0.00221 e. The Balaban J connectivity index is 1.51. The molecule has 3 saturated carbocycles. The highest BCUT2D eigenvalue weighted by Crippen LogP contribution is 2.43. The van der Waals surface area contributed by atoms with E-state index >= 15 is 0 Å². The molecule has 0 heterocycles. The van der Waals surface area contributed by atoms with Crippen molar-refractivity contribution >= 4 is 12.6 Å². The van der Waals surface area contributed by atoms with E-state index in [1.54, 1.807) is 0 Å². The standard InChI is InChI=1S/C18H32S/c19-18-12-15(11-14-5-1-2-6-14)9-10-17(13-18)16-7-3-4-8-16/h14-19H,1-13H2. The van der Waals surface area contributed by atoms with Crippen molar-refractivity contribution in [1.29, 1.82) is 0 Å². The number of hydrogen-bond acceptors (Lipinski definition) is 1. The number of hydrogen-bond donors (Lipinski definition) is 1. The molecule has 110 valence electrons. The van der Waals surface area contributed by atoms with Crippen LogP contribution in [-0.2, 0) is 0 Å². The monoisotopic (exact) mass is 280 g/mol. The molecule has 3 aliphatic carbocycles. The molecule has 3 rings (SSSR count). The van der Waals surface area contributed by atoms with Crippen LogP contribution in [0.1, 0.15) is 83.5 Å². The molecule has 0 saturated heterocycles. The Morgan fingerprint density at radius 1 is 0.632 bits per heavy atom. The van der Waals surface area contributed by atoms with Gasteiger partial charge in [0.15, 0.2) is 0 Å². The molecule has 0 nitrogen and oxygen atoms in total. The van der Waals surface area contributed by atoms with Crippen LogP contribution < -0.4 is 0 Å². The van der Waals surface area contributed by atoms with Crippen LogP contribution in [0.15, 0.2) is 0 Å². The molecule has 3 aliphatic rings. The van der Waals surface area contributed by atoms with Crippen LogP contribution in [0, 0.1) is 23.7 Å². The van der Waals surface area contributed by atoms with Gasteiger partial charge in [-0.15, -0.1) is 0 Å². The predicted octanol–water partition coefficient (Wildman–Crippen LogP) is 5.86. The van der Waals surface area contributed by atoms with Gasteiger partial charge in [0.1, 0.15) is 0 Å². The fourth-order valence-electron chi connectivity index (χ4n) is 5.30. The highest BCUT2D eigenvalue weighted by atomic mass is 32.1. The van der Waals surface area contributed by atoms with Gasteiger partial charge in [-0.1, -0.05) is 57.8 Å². The number of rotatable bonds is 3. The summed E-state index contributed by atoms with van der Waals surface area (Å²) in [5.74, 6) is 4.18. The van der Waals surface area contributed by atoms with Crippen molar-refractivity contribution in [1.82, 2.24) is 0 Å². The molecule has 0 radical (unpaired) electrons. The minimum absolute atomic E-state index is 0.708. The van der Waals surface area contributed by atoms with Crippen molar-refractivity contribution in [3.8, 4) is 0 Å². The van der Waals surface area contributed by atoms with E-state index in [-0.39, 0.29) is 0 Å². The predicted molar refractivity (Wildman–Crippen MR) is 86.8 cm³/mol. The van der Waals surface area contributed by atoms with E-state index in [1.807, 2.05) is 0 Å². The van der Waals surface area contributed by atoms with E-state index in [2.05, 4.69) is 0 Å². The third-order valence-corrected chi connectivity index (χ3v) is 6.76. The average Bonchev–Trinajstić information content (AvgIpc) is 3.04. The molecule has 19 heavy (non-hydrogen) atoms. The molecule has 0 spiro atoms. The fraction of sp³-hybridized carbons (Fsp3) is 1.00. The maximum absolute atomic E-state index is 4.94. The summed E-state index contributed by atoms with van der Waals surface area (Å²) in [7, 11) is 0. The van der Waals surface area contributed by atoms with Crippen LogP contribution in [0.25, 0.3) is 0 Å². The molecule has 0 bridgehead atoms. The Morgan fingerprint density at radius 3 is 2.05 bits per heavy atom. The van der Waals surface area contributed by atoms with Crippen LogP contribution in [0.3, 0.4) is 0 Å². The second-order valence-corrected chi connectivity index (χ2v) is 8.49. The first-order valence-corrected chi connectivity index (χ1v) is 9.51. The fourth-order valence-corrected chi connectivity index (χ4v) is 5.87. The number of thiol groups is 1. The molecule has 0 N–H and O–H groups in total. The Morgan fingerprint density at radius 2 is 1.32 bits per heavy atom. The Bertz CT molecular complexity index is 263. The summed E-state index contributed by atoms with van der Waals surface area (Å²) in [6.45, 7) is 0. The van der Waals surface area contributed by atoms with Gasteiger partial charge < -0.3 is 0 Å². The molecular formula is C18H32S. The average molecular weight is 281 g/mol. The normalized spacial score (nSPS) is 38.7. The summed E-state index contributed by atoms with van der Waals surface area (Å²) in [6, 6.07) is 0. The van der Waals surface area contributed by atoms with Gasteiger partial charge in [-0.3, -0.25) is 0 Å². The lowest BCUT2D eigenvalue weighted by Gasteiger charge is -2.23. The van der Waals surface area contributed by atoms with E-state index in [0.717, 1.165) is 23.7 Å². The molecule has 3 atom stereocenters. The van der Waals surface area contributed by atoms with Crippen LogP contribution in [0.5, 0.6) is 0 Å². The molecule has 0 aromatic rings. The minimum atomic E-state index is 0.708. The van der Waals surface area contributed by atoms with Crippen molar-refractivity contribution in [2.45, 2.75) is 88.7 Å². The lowest BCUT2D eigenvalue weighted by atomic mass is 9.84. The quantitative estimate of drug-likeness (QED) is 0.485. The first kappa shape index (κ1) is 14.3. The first-order chi connectivity index (χ1) is 9.31. The molecule has 0 aromatic heterocycles. The van der Waals surface area contributed by atoms with Gasteiger partial charge in [-0.05, 0) is 49.4 Å². The van der Waals surface area contributed by atoms with Gasteiger partial charge in [0, 0.05) is 5.25 Å². The van der Waals surface area contributed by atoms with Crippen LogP contribution in [0.2, 0.25) is 0 Å². The molecule has 0 amide bonds. The molecule has 3 unspecified atom stereocenters. The van der Waals surface area contributed by atoms with E-state index < -0.39 is 0 Å². The van der Waals surface area contributed by atoms with Crippen molar-refractivity contribution < 1.29 is 0 Å². The molecule has 3 fully saturated rings. The van der Waals surface area contributed by atoms with Gasteiger partial charge in [-0.2, -0.15) is 12.6 Å². The summed E-state index contributed by atoms with van der Waals surface area (Å²) in [4.78, 5) is 0. The third kappa shape index (κ3) is 3.93. The van der Waals surface area contributed by atoms with E-state index in [0.29, 0.717) is 5.25 Å². The Labute approximate surface area is 125 Å². The summed E-state index contributed by atoms with van der Waals surface area (Å²) in [5, 5.41) is 0.708. The van der Waals surface area contributed by atoms with Gasteiger partial charge >= 0.3 is 0 Å². The Hall–Kier alpha value is 0.350. The van der Waals surface area contributed by atoms with Crippen molar-refractivity contribution in [3.05, 3.63) is 0 Å².